The van der Waals surface area contributed by atoms with E-state index in [0.717, 1.165) is 0 Å². The molecule has 0 aliphatic rings. The zero-order valence-electron chi connectivity index (χ0n) is 7.42. The van der Waals surface area contributed by atoms with E-state index in [2.05, 4.69) is 26.2 Å². The first-order chi connectivity index (χ1) is 6.50. The number of nitrogens with zero attached hydrogens (tertiary/aromatic N) is 1. The van der Waals surface area contributed by atoms with Gasteiger partial charge in [0.25, 0.3) is 0 Å². The van der Waals surface area contributed by atoms with Crippen LogP contribution < -0.4 is 11.1 Å². The van der Waals surface area contributed by atoms with E-state index >= 15 is 0 Å². The van der Waals surface area contributed by atoms with Crippen molar-refractivity contribution in [2.24, 2.45) is 5.73 Å². The lowest BCUT2D eigenvalue weighted by Crippen LogP contribution is -2.32. The second kappa shape index (κ2) is 4.72. The maximum atomic E-state index is 11.2. The summed E-state index contributed by atoms with van der Waals surface area (Å²) < 4.78 is 0.627. The molecule has 1 aromatic rings. The molecule has 0 aliphatic heterocycles. The maximum absolute atomic E-state index is 11.2. The third-order valence-electron chi connectivity index (χ3n) is 1.48. The predicted molar refractivity (Wildman–Crippen MR) is 59.2 cm³/mol. The van der Waals surface area contributed by atoms with Gasteiger partial charge >= 0.3 is 0 Å². The van der Waals surface area contributed by atoms with Gasteiger partial charge in [-0.2, -0.15) is 0 Å². The highest BCUT2D eigenvalue weighted by Gasteiger charge is 2.08. The molecule has 6 heteroatoms. The summed E-state index contributed by atoms with van der Waals surface area (Å²) in [7, 11) is 0. The molecule has 0 aromatic carbocycles. The fraction of sp³-hybridized carbons (Fsp3) is 0.250. The van der Waals surface area contributed by atoms with Crippen LogP contribution in [0.25, 0.3) is 0 Å². The number of amides is 1. The first-order valence-corrected chi connectivity index (χ1v) is 5.05. The highest BCUT2D eigenvalue weighted by molar-refractivity contribution is 9.10. The van der Waals surface area contributed by atoms with E-state index in [9.17, 15) is 4.79 Å². The zero-order chi connectivity index (χ0) is 10.7. The molecule has 4 nitrogen and oxygen atoms in total. The topological polar surface area (TPSA) is 68.0 Å². The molecule has 0 aliphatic carbocycles. The number of nitrogens with one attached hydrogen (secondary N) is 1. The van der Waals surface area contributed by atoms with Crippen molar-refractivity contribution in [2.45, 2.75) is 13.0 Å². The molecule has 1 rings (SSSR count). The van der Waals surface area contributed by atoms with Gasteiger partial charge in [-0.15, -0.1) is 0 Å². The van der Waals surface area contributed by atoms with Crippen LogP contribution in [0.4, 0.5) is 5.69 Å². The third-order valence-corrected chi connectivity index (χ3v) is 2.61. The van der Waals surface area contributed by atoms with E-state index in [1.165, 1.54) is 6.20 Å². The Labute approximate surface area is 95.0 Å². The predicted octanol–water partition coefficient (Wildman–Crippen LogP) is 1.78. The Morgan fingerprint density at radius 3 is 2.93 bits per heavy atom. The molecule has 3 N–H and O–H groups in total. The van der Waals surface area contributed by atoms with Gasteiger partial charge in [0.2, 0.25) is 5.91 Å². The quantitative estimate of drug-likeness (QED) is 0.810. The Morgan fingerprint density at radius 1 is 1.79 bits per heavy atom. The summed E-state index contributed by atoms with van der Waals surface area (Å²) in [6, 6.07) is 1.11. The molecule has 0 saturated carbocycles. The molecule has 0 bridgehead atoms. The number of rotatable bonds is 2. The minimum atomic E-state index is -0.551. The number of halogens is 2. The van der Waals surface area contributed by atoms with Crippen LogP contribution in [0.2, 0.25) is 5.15 Å². The molecule has 0 fully saturated rings. The summed E-state index contributed by atoms with van der Waals surface area (Å²) in [5.41, 5.74) is 5.94. The number of pyridine rings is 1. The van der Waals surface area contributed by atoms with E-state index in [1.807, 2.05) is 0 Å². The average Bonchev–Trinajstić information content (AvgIpc) is 2.11. The number of aromatic nitrogens is 1. The van der Waals surface area contributed by atoms with Crippen molar-refractivity contribution in [1.29, 1.82) is 0 Å². The van der Waals surface area contributed by atoms with Crippen molar-refractivity contribution in [3.05, 3.63) is 21.9 Å². The van der Waals surface area contributed by atoms with Gasteiger partial charge in [-0.05, 0) is 28.9 Å². The highest BCUT2D eigenvalue weighted by Crippen LogP contribution is 2.22. The number of carbonyl (C=O) groups is 1. The number of nitrogens with two attached hydrogens (primary N) is 1. The smallest absolute Gasteiger partial charge is 0.241 e. The summed E-state index contributed by atoms with van der Waals surface area (Å²) in [4.78, 5) is 15.1. The van der Waals surface area contributed by atoms with Gasteiger partial charge in [-0.25, -0.2) is 4.98 Å². The number of anilines is 1. The summed E-state index contributed by atoms with van der Waals surface area (Å²) in [6.45, 7) is 1.60. The minimum Gasteiger partial charge on any atom is -0.323 e. The second-order valence-corrected chi connectivity index (χ2v) is 3.99. The Bertz CT molecular complexity index is 356. The van der Waals surface area contributed by atoms with Crippen LogP contribution in [0.5, 0.6) is 0 Å². The monoisotopic (exact) mass is 277 g/mol. The maximum Gasteiger partial charge on any atom is 0.241 e. The van der Waals surface area contributed by atoms with Crippen LogP contribution in [0.1, 0.15) is 6.92 Å². The fourth-order valence-electron chi connectivity index (χ4n) is 0.746. The number of carbonyl (C=O) groups excluding carboxylic acids is 1. The van der Waals surface area contributed by atoms with Gasteiger partial charge in [0.15, 0.2) is 0 Å². The Hall–Kier alpha value is -0.650. The Morgan fingerprint density at radius 2 is 2.43 bits per heavy atom. The number of hydrogen-bond acceptors (Lipinski definition) is 3. The third kappa shape index (κ3) is 2.94. The lowest BCUT2D eigenvalue weighted by Gasteiger charge is -2.07. The van der Waals surface area contributed by atoms with Crippen LogP contribution in [0, 0.1) is 0 Å². The zero-order valence-corrected chi connectivity index (χ0v) is 9.76. The summed E-state index contributed by atoms with van der Waals surface area (Å²) >= 11 is 8.88. The van der Waals surface area contributed by atoms with E-state index in [1.54, 1.807) is 13.0 Å². The van der Waals surface area contributed by atoms with Gasteiger partial charge in [0.1, 0.15) is 5.15 Å². The van der Waals surface area contributed by atoms with E-state index in [-0.39, 0.29) is 5.91 Å². The van der Waals surface area contributed by atoms with Crippen molar-refractivity contribution in [3.8, 4) is 0 Å². The average molecular weight is 279 g/mol. The van der Waals surface area contributed by atoms with Crippen molar-refractivity contribution in [2.75, 3.05) is 5.32 Å². The standard InChI is InChI=1S/C8H9BrClN3O/c1-4(11)8(14)13-5-2-6(9)7(10)12-3-5/h2-4H,11H2,1H3,(H,13,14)/t4-/m1/s1. The largest absolute Gasteiger partial charge is 0.323 e. The first kappa shape index (κ1) is 11.4. The van der Waals surface area contributed by atoms with E-state index in [4.69, 9.17) is 17.3 Å². The molecular weight excluding hydrogens is 269 g/mol. The van der Waals surface area contributed by atoms with Crippen LogP contribution in [0.15, 0.2) is 16.7 Å². The molecule has 0 radical (unpaired) electrons. The van der Waals surface area contributed by atoms with E-state index in [0.29, 0.717) is 15.3 Å². The molecule has 1 atom stereocenters. The molecule has 0 saturated heterocycles. The van der Waals surface area contributed by atoms with Crippen molar-refractivity contribution >= 4 is 39.1 Å². The van der Waals surface area contributed by atoms with Gasteiger partial charge in [0, 0.05) is 0 Å². The van der Waals surface area contributed by atoms with Crippen molar-refractivity contribution in [1.82, 2.24) is 4.98 Å². The van der Waals surface area contributed by atoms with E-state index < -0.39 is 6.04 Å². The van der Waals surface area contributed by atoms with Crippen molar-refractivity contribution < 1.29 is 4.79 Å². The first-order valence-electron chi connectivity index (χ1n) is 3.88. The summed E-state index contributed by atoms with van der Waals surface area (Å²) in [5, 5.41) is 2.95. The van der Waals surface area contributed by atoms with Gasteiger partial charge in [0.05, 0.1) is 22.4 Å². The SMILES string of the molecule is C[C@@H](N)C(=O)Nc1cnc(Cl)c(Br)c1. The Kier molecular flexibility index (Phi) is 3.86. The Balaban J connectivity index is 2.78. The van der Waals surface area contributed by atoms with Crippen LogP contribution in [0.3, 0.4) is 0 Å². The summed E-state index contributed by atoms with van der Waals surface area (Å²) in [5.74, 6) is -0.263. The molecule has 0 unspecified atom stereocenters. The van der Waals surface area contributed by atoms with Gasteiger partial charge in [-0.3, -0.25) is 4.79 Å². The second-order valence-electron chi connectivity index (χ2n) is 2.77. The lowest BCUT2D eigenvalue weighted by molar-refractivity contribution is -0.117. The van der Waals surface area contributed by atoms with Crippen molar-refractivity contribution in [3.63, 3.8) is 0 Å². The molecule has 1 amide bonds. The molecule has 1 heterocycles. The van der Waals surface area contributed by atoms with Crippen LogP contribution in [-0.2, 0) is 4.79 Å². The molecule has 76 valence electrons. The molecule has 0 spiro atoms. The summed E-state index contributed by atoms with van der Waals surface area (Å²) in [6.07, 6.45) is 1.47. The minimum absolute atomic E-state index is 0.263. The number of hydrogen-bond donors (Lipinski definition) is 2. The van der Waals surface area contributed by atoms with Gasteiger partial charge < -0.3 is 11.1 Å². The van der Waals surface area contributed by atoms with Gasteiger partial charge in [-0.1, -0.05) is 11.6 Å². The highest BCUT2D eigenvalue weighted by atomic mass is 79.9. The lowest BCUT2D eigenvalue weighted by atomic mass is 10.3. The van der Waals surface area contributed by atoms with Crippen LogP contribution in [-0.4, -0.2) is 16.9 Å². The van der Waals surface area contributed by atoms with Crippen LogP contribution >= 0.6 is 27.5 Å². The normalized spacial score (nSPS) is 12.3. The fourth-order valence-corrected chi connectivity index (χ4v) is 1.20. The molecular formula is C8H9BrClN3O. The molecule has 1 aromatic heterocycles. The molecule has 14 heavy (non-hydrogen) atoms.